The highest BCUT2D eigenvalue weighted by Gasteiger charge is 2.29. The lowest BCUT2D eigenvalue weighted by Gasteiger charge is -2.20. The lowest BCUT2D eigenvalue weighted by Crippen LogP contribution is -2.33. The van der Waals surface area contributed by atoms with E-state index in [-0.39, 0.29) is 16.3 Å². The van der Waals surface area contributed by atoms with Crippen molar-refractivity contribution in [1.29, 1.82) is 0 Å². The lowest BCUT2D eigenvalue weighted by atomic mass is 10.2. The summed E-state index contributed by atoms with van der Waals surface area (Å²) in [5.74, 6) is 1.65. The van der Waals surface area contributed by atoms with Gasteiger partial charge in [0, 0.05) is 24.9 Å². The number of thioether (sulfide) groups is 1. The van der Waals surface area contributed by atoms with Gasteiger partial charge in [0.05, 0.1) is 9.82 Å². The van der Waals surface area contributed by atoms with Crippen LogP contribution in [0.1, 0.15) is 12.0 Å². The lowest BCUT2D eigenvalue weighted by molar-refractivity contribution is -0.384. The highest BCUT2D eigenvalue weighted by Crippen LogP contribution is 2.30. The molecule has 0 bridgehead atoms. The normalized spacial score (nSPS) is 17.4. The van der Waals surface area contributed by atoms with Crippen molar-refractivity contribution in [2.45, 2.75) is 18.2 Å². The van der Waals surface area contributed by atoms with Crippen LogP contribution in [0.2, 0.25) is 0 Å². The van der Waals surface area contributed by atoms with E-state index in [0.29, 0.717) is 18.7 Å². The average molecular weight is 331 g/mol. The van der Waals surface area contributed by atoms with Crippen LogP contribution < -0.4 is 5.73 Å². The third-order valence-electron chi connectivity index (χ3n) is 3.32. The van der Waals surface area contributed by atoms with Gasteiger partial charge in [-0.2, -0.15) is 16.1 Å². The Morgan fingerprint density at radius 1 is 1.33 bits per heavy atom. The number of nitro benzene ring substituents is 1. The molecule has 1 saturated heterocycles. The van der Waals surface area contributed by atoms with Crippen molar-refractivity contribution in [1.82, 2.24) is 4.31 Å². The molecule has 7 nitrogen and oxygen atoms in total. The van der Waals surface area contributed by atoms with Crippen LogP contribution in [0.4, 0.5) is 11.4 Å². The summed E-state index contributed by atoms with van der Waals surface area (Å²) >= 11 is 1.71. The maximum absolute atomic E-state index is 12.7. The van der Waals surface area contributed by atoms with E-state index < -0.39 is 14.9 Å². The van der Waals surface area contributed by atoms with Crippen LogP contribution in [-0.4, -0.2) is 42.2 Å². The van der Waals surface area contributed by atoms with Gasteiger partial charge in [0.2, 0.25) is 10.0 Å². The summed E-state index contributed by atoms with van der Waals surface area (Å²) in [6, 6.07) is 2.41. The van der Waals surface area contributed by atoms with Crippen LogP contribution in [-0.2, 0) is 10.0 Å². The Balaban J connectivity index is 2.48. The van der Waals surface area contributed by atoms with Gasteiger partial charge < -0.3 is 5.73 Å². The number of aryl methyl sites for hydroxylation is 1. The van der Waals surface area contributed by atoms with E-state index in [1.807, 2.05) is 0 Å². The maximum Gasteiger partial charge on any atom is 0.293 e. The maximum atomic E-state index is 12.7. The van der Waals surface area contributed by atoms with Gasteiger partial charge in [0.1, 0.15) is 5.69 Å². The first-order valence-corrected chi connectivity index (χ1v) is 9.06. The van der Waals surface area contributed by atoms with Crippen molar-refractivity contribution in [2.75, 3.05) is 30.3 Å². The second kappa shape index (κ2) is 6.20. The van der Waals surface area contributed by atoms with Crippen LogP contribution in [0.3, 0.4) is 0 Å². The van der Waals surface area contributed by atoms with E-state index >= 15 is 0 Å². The zero-order chi connectivity index (χ0) is 15.6. The second-order valence-electron chi connectivity index (χ2n) is 4.80. The number of hydrogen-bond acceptors (Lipinski definition) is 6. The summed E-state index contributed by atoms with van der Waals surface area (Å²) < 4.78 is 26.8. The molecule has 1 aliphatic heterocycles. The Labute approximate surface area is 127 Å². The second-order valence-corrected chi connectivity index (χ2v) is 7.93. The van der Waals surface area contributed by atoms with Crippen molar-refractivity contribution in [3.8, 4) is 0 Å². The Bertz CT molecular complexity index is 653. The fourth-order valence-electron chi connectivity index (χ4n) is 2.24. The summed E-state index contributed by atoms with van der Waals surface area (Å²) in [5, 5.41) is 11.0. The predicted octanol–water partition coefficient (Wildman–Crippen LogP) is 1.61. The third kappa shape index (κ3) is 3.30. The summed E-state index contributed by atoms with van der Waals surface area (Å²) in [6.45, 7) is 2.46. The molecule has 2 rings (SSSR count). The van der Waals surface area contributed by atoms with Gasteiger partial charge in [0.15, 0.2) is 0 Å². The summed E-state index contributed by atoms with van der Waals surface area (Å²) in [6.07, 6.45) is 0.778. The van der Waals surface area contributed by atoms with Crippen LogP contribution >= 0.6 is 11.8 Å². The summed E-state index contributed by atoms with van der Waals surface area (Å²) in [7, 11) is -3.73. The molecule has 0 unspecified atom stereocenters. The molecule has 0 spiro atoms. The van der Waals surface area contributed by atoms with Gasteiger partial charge in [-0.1, -0.05) is 0 Å². The number of nitrogen functional groups attached to an aromatic ring is 1. The number of benzene rings is 1. The molecule has 1 aromatic carbocycles. The zero-order valence-corrected chi connectivity index (χ0v) is 13.2. The molecular weight excluding hydrogens is 314 g/mol. The average Bonchev–Trinajstić information content (AvgIpc) is 2.67. The highest BCUT2D eigenvalue weighted by molar-refractivity contribution is 7.99. The molecule has 0 saturated carbocycles. The number of anilines is 1. The van der Waals surface area contributed by atoms with E-state index in [9.17, 15) is 18.5 Å². The molecular formula is C12H17N3O4S2. The molecule has 1 aromatic rings. The number of nitrogens with two attached hydrogens (primary N) is 1. The molecule has 21 heavy (non-hydrogen) atoms. The smallest absolute Gasteiger partial charge is 0.293 e. The SMILES string of the molecule is Cc1cc(N)c([N+](=O)[O-])cc1S(=O)(=O)N1CCCSCC1. The number of sulfonamides is 1. The molecule has 1 fully saturated rings. The molecule has 1 aliphatic rings. The third-order valence-corrected chi connectivity index (χ3v) is 6.41. The molecule has 0 aromatic heterocycles. The molecule has 0 atom stereocenters. The highest BCUT2D eigenvalue weighted by atomic mass is 32.2. The van der Waals surface area contributed by atoms with Crippen LogP contribution in [0.15, 0.2) is 17.0 Å². The summed E-state index contributed by atoms with van der Waals surface area (Å²) in [5.41, 5.74) is 5.61. The molecule has 0 radical (unpaired) electrons. The quantitative estimate of drug-likeness (QED) is 0.512. The zero-order valence-electron chi connectivity index (χ0n) is 11.6. The minimum absolute atomic E-state index is 0.0251. The van der Waals surface area contributed by atoms with E-state index in [2.05, 4.69) is 0 Å². The van der Waals surface area contributed by atoms with Gasteiger partial charge in [-0.25, -0.2) is 8.42 Å². The van der Waals surface area contributed by atoms with E-state index in [4.69, 9.17) is 5.73 Å². The standard InChI is InChI=1S/C12H17N3O4S2/c1-9-7-10(13)11(15(16)17)8-12(9)21(18,19)14-3-2-5-20-6-4-14/h7-8H,2-6,13H2,1H3. The van der Waals surface area contributed by atoms with Crippen molar-refractivity contribution in [3.63, 3.8) is 0 Å². The van der Waals surface area contributed by atoms with Gasteiger partial charge in [-0.15, -0.1) is 0 Å². The first-order chi connectivity index (χ1) is 9.84. The van der Waals surface area contributed by atoms with Crippen molar-refractivity contribution >= 4 is 33.2 Å². The van der Waals surface area contributed by atoms with Gasteiger partial charge >= 0.3 is 0 Å². The topological polar surface area (TPSA) is 107 Å². The van der Waals surface area contributed by atoms with Crippen LogP contribution in [0.5, 0.6) is 0 Å². The number of hydrogen-bond donors (Lipinski definition) is 1. The van der Waals surface area contributed by atoms with Gasteiger partial charge in [0.25, 0.3) is 5.69 Å². The monoisotopic (exact) mass is 331 g/mol. The molecule has 0 amide bonds. The van der Waals surface area contributed by atoms with Crippen LogP contribution in [0.25, 0.3) is 0 Å². The Morgan fingerprint density at radius 2 is 2.05 bits per heavy atom. The van der Waals surface area contributed by atoms with Crippen LogP contribution in [0, 0.1) is 17.0 Å². The Hall–Kier alpha value is -1.32. The predicted molar refractivity (Wildman–Crippen MR) is 82.9 cm³/mol. The molecule has 9 heteroatoms. The Kier molecular flexibility index (Phi) is 4.74. The first-order valence-electron chi connectivity index (χ1n) is 6.46. The molecule has 0 aliphatic carbocycles. The number of nitro groups is 1. The van der Waals surface area contributed by atoms with Crippen molar-refractivity contribution in [3.05, 3.63) is 27.8 Å². The Morgan fingerprint density at radius 3 is 2.71 bits per heavy atom. The first kappa shape index (κ1) is 16.1. The summed E-state index contributed by atoms with van der Waals surface area (Å²) in [4.78, 5) is 10.3. The molecule has 2 N–H and O–H groups in total. The van der Waals surface area contributed by atoms with Crippen molar-refractivity contribution in [2.24, 2.45) is 0 Å². The number of nitrogens with zero attached hydrogens (tertiary/aromatic N) is 2. The molecule has 116 valence electrons. The van der Waals surface area contributed by atoms with Gasteiger partial charge in [-0.05, 0) is 30.7 Å². The fourth-order valence-corrected chi connectivity index (χ4v) is 4.95. The van der Waals surface area contributed by atoms with E-state index in [1.54, 1.807) is 18.7 Å². The van der Waals surface area contributed by atoms with E-state index in [1.165, 1.54) is 10.4 Å². The minimum Gasteiger partial charge on any atom is -0.393 e. The largest absolute Gasteiger partial charge is 0.393 e. The minimum atomic E-state index is -3.73. The number of rotatable bonds is 3. The molecule has 1 heterocycles. The van der Waals surface area contributed by atoms with Gasteiger partial charge in [-0.3, -0.25) is 10.1 Å². The van der Waals surface area contributed by atoms with E-state index in [0.717, 1.165) is 24.0 Å². The fraction of sp³-hybridized carbons (Fsp3) is 0.500. The van der Waals surface area contributed by atoms with Crippen molar-refractivity contribution < 1.29 is 13.3 Å².